The Balaban J connectivity index is 2.36. The average molecular weight is 251 g/mol. The lowest BCUT2D eigenvalue weighted by Gasteiger charge is -2.20. The molecule has 1 amide bonds. The predicted molar refractivity (Wildman–Crippen MR) is 58.2 cm³/mol. The number of hydrogen-bond acceptors (Lipinski definition) is 5. The number of nitrogens with one attached hydrogen (secondary N) is 2. The molecule has 0 radical (unpaired) electrons. The van der Waals surface area contributed by atoms with Crippen LogP contribution in [0.2, 0.25) is 0 Å². The molecule has 1 saturated heterocycles. The Morgan fingerprint density at radius 2 is 2.25 bits per heavy atom. The quantitative estimate of drug-likeness (QED) is 0.512. The molecule has 94 valence electrons. The van der Waals surface area contributed by atoms with Crippen molar-refractivity contribution < 1.29 is 17.9 Å². The number of carbonyl (C=O) groups excluding carboxylic acids is 1. The van der Waals surface area contributed by atoms with E-state index in [-0.39, 0.29) is 24.8 Å². The lowest BCUT2D eigenvalue weighted by Crippen LogP contribution is -2.55. The predicted octanol–water partition coefficient (Wildman–Crippen LogP) is -2.23. The van der Waals surface area contributed by atoms with Crippen molar-refractivity contribution in [2.75, 3.05) is 32.6 Å². The van der Waals surface area contributed by atoms with E-state index in [1.165, 1.54) is 7.05 Å². The normalized spacial score (nSPS) is 25.6. The Labute approximate surface area is 94.8 Å². The van der Waals surface area contributed by atoms with Crippen LogP contribution in [0.25, 0.3) is 0 Å². The molecule has 0 aromatic rings. The summed E-state index contributed by atoms with van der Waals surface area (Å²) < 4.78 is 29.3. The van der Waals surface area contributed by atoms with Gasteiger partial charge in [0, 0.05) is 13.2 Å². The van der Waals surface area contributed by atoms with Crippen LogP contribution in [0.1, 0.15) is 6.42 Å². The minimum absolute atomic E-state index is 0.0426. The van der Waals surface area contributed by atoms with Crippen LogP contribution in [-0.4, -0.2) is 52.4 Å². The first-order valence-corrected chi connectivity index (χ1v) is 6.61. The van der Waals surface area contributed by atoms with E-state index in [9.17, 15) is 13.2 Å². The van der Waals surface area contributed by atoms with E-state index in [1.54, 1.807) is 0 Å². The summed E-state index contributed by atoms with van der Waals surface area (Å²) in [5, 5.41) is 2.49. The minimum atomic E-state index is -3.30. The number of rotatable bonds is 5. The molecule has 16 heavy (non-hydrogen) atoms. The molecule has 1 heterocycles. The Kier molecular flexibility index (Phi) is 4.25. The third-order valence-corrected chi connectivity index (χ3v) is 3.84. The molecular formula is C8H17N3O4S. The maximum absolute atomic E-state index is 11.6. The molecule has 0 aromatic carbocycles. The summed E-state index contributed by atoms with van der Waals surface area (Å²) in [5.74, 6) is -0.525. The average Bonchev–Trinajstić information content (AvgIpc) is 2.66. The highest BCUT2D eigenvalue weighted by Crippen LogP contribution is 2.14. The summed E-state index contributed by atoms with van der Waals surface area (Å²) in [7, 11) is -1.97. The van der Waals surface area contributed by atoms with Crippen LogP contribution in [0.4, 0.5) is 0 Å². The topological polar surface area (TPSA) is 111 Å². The standard InChI is InChI=1S/C8H17N3O4S/c1-10-16(13,14)5-3-11-7(12)8(9)2-4-15-6-8/h10H,2-6,9H2,1H3,(H,11,12). The van der Waals surface area contributed by atoms with E-state index in [0.29, 0.717) is 13.0 Å². The van der Waals surface area contributed by atoms with Crippen molar-refractivity contribution in [3.05, 3.63) is 0 Å². The summed E-state index contributed by atoms with van der Waals surface area (Å²) in [6.07, 6.45) is 0.456. The third-order valence-electron chi connectivity index (χ3n) is 2.47. The van der Waals surface area contributed by atoms with Crippen molar-refractivity contribution in [2.45, 2.75) is 12.0 Å². The van der Waals surface area contributed by atoms with Crippen LogP contribution in [0.3, 0.4) is 0 Å². The molecule has 0 aromatic heterocycles. The summed E-state index contributed by atoms with van der Waals surface area (Å²) in [4.78, 5) is 11.6. The molecule has 1 unspecified atom stereocenters. The SMILES string of the molecule is CNS(=O)(=O)CCNC(=O)C1(N)CCOC1. The number of amides is 1. The van der Waals surface area contributed by atoms with Gasteiger partial charge in [-0.3, -0.25) is 4.79 Å². The fourth-order valence-corrected chi connectivity index (χ4v) is 1.91. The molecule has 1 rings (SSSR count). The van der Waals surface area contributed by atoms with Gasteiger partial charge < -0.3 is 15.8 Å². The Morgan fingerprint density at radius 1 is 1.56 bits per heavy atom. The van der Waals surface area contributed by atoms with Gasteiger partial charge in [-0.1, -0.05) is 0 Å². The minimum Gasteiger partial charge on any atom is -0.379 e. The Morgan fingerprint density at radius 3 is 2.75 bits per heavy atom. The second-order valence-corrected chi connectivity index (χ2v) is 5.78. The van der Waals surface area contributed by atoms with Crippen LogP contribution in [0.15, 0.2) is 0 Å². The first-order valence-electron chi connectivity index (χ1n) is 4.96. The number of nitrogens with two attached hydrogens (primary N) is 1. The molecule has 4 N–H and O–H groups in total. The van der Waals surface area contributed by atoms with Crippen molar-refractivity contribution in [1.29, 1.82) is 0 Å². The van der Waals surface area contributed by atoms with Crippen LogP contribution in [0.5, 0.6) is 0 Å². The second kappa shape index (κ2) is 5.09. The highest BCUT2D eigenvalue weighted by Gasteiger charge is 2.37. The Hall–Kier alpha value is -0.700. The number of carbonyl (C=O) groups is 1. The zero-order valence-electron chi connectivity index (χ0n) is 9.15. The fourth-order valence-electron chi connectivity index (χ4n) is 1.34. The lowest BCUT2D eigenvalue weighted by atomic mass is 9.99. The van der Waals surface area contributed by atoms with E-state index in [1.807, 2.05) is 0 Å². The highest BCUT2D eigenvalue weighted by atomic mass is 32.2. The largest absolute Gasteiger partial charge is 0.379 e. The maximum atomic E-state index is 11.6. The molecule has 8 heteroatoms. The molecule has 1 aliphatic rings. The molecule has 1 aliphatic heterocycles. The van der Waals surface area contributed by atoms with E-state index >= 15 is 0 Å². The molecule has 1 atom stereocenters. The van der Waals surface area contributed by atoms with Gasteiger partial charge in [0.2, 0.25) is 15.9 Å². The van der Waals surface area contributed by atoms with E-state index < -0.39 is 15.6 Å². The zero-order chi connectivity index (χ0) is 12.2. The van der Waals surface area contributed by atoms with Crippen molar-refractivity contribution in [1.82, 2.24) is 10.0 Å². The van der Waals surface area contributed by atoms with Gasteiger partial charge in [0.1, 0.15) is 5.54 Å². The molecule has 0 spiro atoms. The highest BCUT2D eigenvalue weighted by molar-refractivity contribution is 7.89. The summed E-state index contributed by atoms with van der Waals surface area (Å²) in [6, 6.07) is 0. The zero-order valence-corrected chi connectivity index (χ0v) is 9.97. The number of hydrogen-bond donors (Lipinski definition) is 3. The maximum Gasteiger partial charge on any atom is 0.242 e. The fraction of sp³-hybridized carbons (Fsp3) is 0.875. The van der Waals surface area contributed by atoms with Crippen molar-refractivity contribution in [2.24, 2.45) is 5.73 Å². The number of sulfonamides is 1. The Bertz CT molecular complexity index is 348. The molecule has 7 nitrogen and oxygen atoms in total. The van der Waals surface area contributed by atoms with Gasteiger partial charge in [0.05, 0.1) is 12.4 Å². The van der Waals surface area contributed by atoms with Crippen LogP contribution in [0, 0.1) is 0 Å². The summed E-state index contributed by atoms with van der Waals surface area (Å²) in [5.41, 5.74) is 4.77. The molecule has 0 bridgehead atoms. The monoisotopic (exact) mass is 251 g/mol. The van der Waals surface area contributed by atoms with Gasteiger partial charge in [-0.25, -0.2) is 13.1 Å². The number of ether oxygens (including phenoxy) is 1. The molecule has 1 fully saturated rings. The van der Waals surface area contributed by atoms with Gasteiger partial charge in [-0.15, -0.1) is 0 Å². The summed E-state index contributed by atoms with van der Waals surface area (Å²) >= 11 is 0. The first kappa shape index (κ1) is 13.4. The van der Waals surface area contributed by atoms with E-state index in [2.05, 4.69) is 10.0 Å². The summed E-state index contributed by atoms with van der Waals surface area (Å²) in [6.45, 7) is 0.678. The van der Waals surface area contributed by atoms with Gasteiger partial charge in [-0.05, 0) is 13.5 Å². The van der Waals surface area contributed by atoms with Gasteiger partial charge >= 0.3 is 0 Å². The smallest absolute Gasteiger partial charge is 0.242 e. The molecular weight excluding hydrogens is 234 g/mol. The van der Waals surface area contributed by atoms with Crippen molar-refractivity contribution >= 4 is 15.9 Å². The van der Waals surface area contributed by atoms with Gasteiger partial charge in [-0.2, -0.15) is 0 Å². The third kappa shape index (κ3) is 3.41. The first-order chi connectivity index (χ1) is 7.40. The lowest BCUT2D eigenvalue weighted by molar-refractivity contribution is -0.126. The molecule has 0 aliphatic carbocycles. The molecule has 0 saturated carbocycles. The van der Waals surface area contributed by atoms with Gasteiger partial charge in [0.25, 0.3) is 0 Å². The van der Waals surface area contributed by atoms with E-state index in [4.69, 9.17) is 10.5 Å². The second-order valence-electron chi connectivity index (χ2n) is 3.74. The van der Waals surface area contributed by atoms with Crippen molar-refractivity contribution in [3.63, 3.8) is 0 Å². The van der Waals surface area contributed by atoms with Crippen LogP contribution < -0.4 is 15.8 Å². The van der Waals surface area contributed by atoms with Crippen molar-refractivity contribution in [3.8, 4) is 0 Å². The van der Waals surface area contributed by atoms with Crippen LogP contribution >= 0.6 is 0 Å². The van der Waals surface area contributed by atoms with Gasteiger partial charge in [0.15, 0.2) is 0 Å². The van der Waals surface area contributed by atoms with E-state index in [0.717, 1.165) is 0 Å². The van der Waals surface area contributed by atoms with Crippen LogP contribution in [-0.2, 0) is 19.6 Å².